The van der Waals surface area contributed by atoms with Gasteiger partial charge >= 0.3 is 0 Å². The molecule has 0 radical (unpaired) electrons. The Morgan fingerprint density at radius 3 is 2.78 bits per heavy atom. The first-order valence-electron chi connectivity index (χ1n) is 8.17. The maximum atomic E-state index is 12.2. The third kappa shape index (κ3) is 3.70. The van der Waals surface area contributed by atoms with Gasteiger partial charge in [0, 0.05) is 12.4 Å². The van der Waals surface area contributed by atoms with E-state index in [1.165, 1.54) is 11.8 Å². The number of furan rings is 1. The summed E-state index contributed by atoms with van der Waals surface area (Å²) in [6.45, 7) is 0. The molecule has 0 atom stereocenters. The van der Waals surface area contributed by atoms with Gasteiger partial charge in [-0.2, -0.15) is 0 Å². The molecule has 0 fully saturated rings. The Labute approximate surface area is 164 Å². The number of carbonyl (C=O) groups excluding carboxylic acids is 1. The number of aromatic nitrogens is 3. The minimum Gasteiger partial charge on any atom is -0.453 e. The Morgan fingerprint density at radius 2 is 1.96 bits per heavy atom. The van der Waals surface area contributed by atoms with Crippen LogP contribution >= 0.6 is 23.4 Å². The number of fused-ring (bicyclic) bond motifs is 1. The van der Waals surface area contributed by atoms with Crippen LogP contribution < -0.4 is 5.32 Å². The normalized spacial score (nSPS) is 11.0. The van der Waals surface area contributed by atoms with Crippen molar-refractivity contribution in [3.05, 3.63) is 59.6 Å². The number of halogens is 1. The first-order chi connectivity index (χ1) is 13.1. The van der Waals surface area contributed by atoms with Gasteiger partial charge in [-0.1, -0.05) is 53.7 Å². The highest BCUT2D eigenvalue weighted by molar-refractivity contribution is 7.99. The van der Waals surface area contributed by atoms with Crippen LogP contribution in [0, 0.1) is 0 Å². The van der Waals surface area contributed by atoms with Crippen LogP contribution in [-0.2, 0) is 11.8 Å². The monoisotopic (exact) mass is 398 g/mol. The van der Waals surface area contributed by atoms with Gasteiger partial charge in [0.25, 0.3) is 0 Å². The quantitative estimate of drug-likeness (QED) is 0.497. The summed E-state index contributed by atoms with van der Waals surface area (Å²) in [7, 11) is 1.84. The number of rotatable bonds is 5. The summed E-state index contributed by atoms with van der Waals surface area (Å²) < 4.78 is 7.65. The lowest BCUT2D eigenvalue weighted by Crippen LogP contribution is -2.14. The highest BCUT2D eigenvalue weighted by Crippen LogP contribution is 2.28. The summed E-state index contributed by atoms with van der Waals surface area (Å²) in [5.41, 5.74) is 1.38. The fourth-order valence-electron chi connectivity index (χ4n) is 2.63. The Bertz CT molecular complexity index is 1090. The second-order valence-electron chi connectivity index (χ2n) is 5.83. The van der Waals surface area contributed by atoms with Crippen molar-refractivity contribution in [1.29, 1.82) is 0 Å². The van der Waals surface area contributed by atoms with E-state index in [9.17, 15) is 4.79 Å². The molecule has 0 unspecified atom stereocenters. The van der Waals surface area contributed by atoms with Gasteiger partial charge in [0.2, 0.25) is 5.91 Å². The molecule has 0 saturated carbocycles. The molecule has 4 aromatic rings. The maximum Gasteiger partial charge on any atom is 0.234 e. The molecular formula is C19H15ClN4O2S. The highest BCUT2D eigenvalue weighted by atomic mass is 35.5. The average molecular weight is 399 g/mol. The van der Waals surface area contributed by atoms with Gasteiger partial charge in [0.05, 0.1) is 16.5 Å². The van der Waals surface area contributed by atoms with Crippen LogP contribution in [0.5, 0.6) is 0 Å². The summed E-state index contributed by atoms with van der Waals surface area (Å²) in [5, 5.41) is 13.3. The molecule has 0 aliphatic rings. The zero-order valence-corrected chi connectivity index (χ0v) is 15.9. The largest absolute Gasteiger partial charge is 0.453 e. The lowest BCUT2D eigenvalue weighted by molar-refractivity contribution is -0.113. The van der Waals surface area contributed by atoms with Gasteiger partial charge in [0.15, 0.2) is 16.7 Å². The second kappa shape index (κ2) is 7.46. The zero-order valence-electron chi connectivity index (χ0n) is 14.3. The van der Waals surface area contributed by atoms with E-state index in [2.05, 4.69) is 15.5 Å². The van der Waals surface area contributed by atoms with Gasteiger partial charge < -0.3 is 14.3 Å². The second-order valence-corrected chi connectivity index (χ2v) is 7.18. The molecule has 6 nitrogen and oxygen atoms in total. The fraction of sp³-hybridized carbons (Fsp3) is 0.105. The van der Waals surface area contributed by atoms with Crippen molar-refractivity contribution < 1.29 is 9.21 Å². The van der Waals surface area contributed by atoms with Gasteiger partial charge in [-0.15, -0.1) is 10.2 Å². The Balaban J connectivity index is 1.46. The molecule has 2 heterocycles. The first-order valence-corrected chi connectivity index (χ1v) is 9.53. The standard InChI is InChI=1S/C19H15ClN4O2S/c1-24-18(16-10-12-6-2-5-9-15(12)26-16)22-23-19(24)27-11-17(25)21-14-8-4-3-7-13(14)20/h2-10H,11H2,1H3,(H,21,25). The molecule has 8 heteroatoms. The number of anilines is 1. The average Bonchev–Trinajstić information content (AvgIpc) is 3.25. The summed E-state index contributed by atoms with van der Waals surface area (Å²) in [5.74, 6) is 1.28. The van der Waals surface area contributed by atoms with Gasteiger partial charge in [-0.05, 0) is 24.3 Å². The SMILES string of the molecule is Cn1c(SCC(=O)Nc2ccccc2Cl)nnc1-c1cc2ccccc2o1. The van der Waals surface area contributed by atoms with Crippen molar-refractivity contribution >= 4 is 45.9 Å². The molecule has 2 aromatic carbocycles. The van der Waals surface area contributed by atoms with E-state index in [0.717, 1.165) is 11.0 Å². The van der Waals surface area contributed by atoms with Crippen LogP contribution in [0.1, 0.15) is 0 Å². The van der Waals surface area contributed by atoms with Crippen molar-refractivity contribution in [2.24, 2.45) is 7.05 Å². The molecule has 1 N–H and O–H groups in total. The maximum absolute atomic E-state index is 12.2. The molecule has 0 bridgehead atoms. The number of hydrogen-bond acceptors (Lipinski definition) is 5. The van der Waals surface area contributed by atoms with Crippen LogP contribution in [-0.4, -0.2) is 26.4 Å². The lowest BCUT2D eigenvalue weighted by atomic mass is 10.2. The lowest BCUT2D eigenvalue weighted by Gasteiger charge is -2.06. The summed E-state index contributed by atoms with van der Waals surface area (Å²) in [4.78, 5) is 12.2. The predicted molar refractivity (Wildman–Crippen MR) is 107 cm³/mol. The molecule has 2 aromatic heterocycles. The minimum absolute atomic E-state index is 0.165. The molecular weight excluding hydrogens is 384 g/mol. The molecule has 0 spiro atoms. The Hall–Kier alpha value is -2.77. The summed E-state index contributed by atoms with van der Waals surface area (Å²) in [6, 6.07) is 16.8. The number of nitrogens with one attached hydrogen (secondary N) is 1. The predicted octanol–water partition coefficient (Wildman–Crippen LogP) is 4.61. The third-order valence-electron chi connectivity index (χ3n) is 3.96. The number of benzene rings is 2. The molecule has 4 rings (SSSR count). The molecule has 0 aliphatic carbocycles. The topological polar surface area (TPSA) is 73.0 Å². The number of para-hydroxylation sites is 2. The van der Waals surface area contributed by atoms with E-state index in [0.29, 0.717) is 27.5 Å². The van der Waals surface area contributed by atoms with Crippen molar-refractivity contribution in [2.75, 3.05) is 11.1 Å². The smallest absolute Gasteiger partial charge is 0.234 e. The fourth-order valence-corrected chi connectivity index (χ4v) is 3.52. The molecule has 0 aliphatic heterocycles. The van der Waals surface area contributed by atoms with Crippen molar-refractivity contribution in [1.82, 2.24) is 14.8 Å². The Morgan fingerprint density at radius 1 is 1.19 bits per heavy atom. The number of carbonyl (C=O) groups is 1. The number of amides is 1. The number of thioether (sulfide) groups is 1. The first kappa shape index (κ1) is 17.6. The van der Waals surface area contributed by atoms with Crippen LogP contribution in [0.25, 0.3) is 22.6 Å². The summed E-state index contributed by atoms with van der Waals surface area (Å²) >= 11 is 7.35. The van der Waals surface area contributed by atoms with E-state index in [4.69, 9.17) is 16.0 Å². The minimum atomic E-state index is -0.165. The van der Waals surface area contributed by atoms with Gasteiger partial charge in [0.1, 0.15) is 5.58 Å². The van der Waals surface area contributed by atoms with Gasteiger partial charge in [-0.25, -0.2) is 0 Å². The van der Waals surface area contributed by atoms with E-state index in [-0.39, 0.29) is 11.7 Å². The highest BCUT2D eigenvalue weighted by Gasteiger charge is 2.16. The van der Waals surface area contributed by atoms with Crippen LogP contribution in [0.4, 0.5) is 5.69 Å². The van der Waals surface area contributed by atoms with Crippen molar-refractivity contribution in [3.8, 4) is 11.6 Å². The van der Waals surface area contributed by atoms with Crippen LogP contribution in [0.2, 0.25) is 5.02 Å². The number of hydrogen-bond donors (Lipinski definition) is 1. The van der Waals surface area contributed by atoms with Gasteiger partial charge in [-0.3, -0.25) is 4.79 Å². The van der Waals surface area contributed by atoms with E-state index >= 15 is 0 Å². The van der Waals surface area contributed by atoms with Crippen LogP contribution in [0.15, 0.2) is 64.2 Å². The molecule has 0 saturated heterocycles. The van der Waals surface area contributed by atoms with E-state index in [1.807, 2.05) is 54.1 Å². The molecule has 1 amide bonds. The third-order valence-corrected chi connectivity index (χ3v) is 5.31. The molecule has 136 valence electrons. The molecule has 27 heavy (non-hydrogen) atoms. The zero-order chi connectivity index (χ0) is 18.8. The van der Waals surface area contributed by atoms with Crippen molar-refractivity contribution in [3.63, 3.8) is 0 Å². The van der Waals surface area contributed by atoms with E-state index < -0.39 is 0 Å². The van der Waals surface area contributed by atoms with E-state index in [1.54, 1.807) is 12.1 Å². The number of nitrogens with zero attached hydrogens (tertiary/aromatic N) is 3. The Kier molecular flexibility index (Phi) is 4.87. The summed E-state index contributed by atoms with van der Waals surface area (Å²) in [6.07, 6.45) is 0. The van der Waals surface area contributed by atoms with Crippen LogP contribution in [0.3, 0.4) is 0 Å². The van der Waals surface area contributed by atoms with Crippen molar-refractivity contribution in [2.45, 2.75) is 5.16 Å².